The van der Waals surface area contributed by atoms with Gasteiger partial charge in [-0.25, -0.2) is 4.79 Å². The van der Waals surface area contributed by atoms with E-state index in [1.165, 1.54) is 0 Å². The number of rotatable bonds is 6. The Hall–Kier alpha value is -1.83. The van der Waals surface area contributed by atoms with E-state index in [-0.39, 0.29) is 12.2 Å². The second-order valence-corrected chi connectivity index (χ2v) is 4.25. The number of hydrogen-bond acceptors (Lipinski definition) is 4. The van der Waals surface area contributed by atoms with Crippen LogP contribution in [0.3, 0.4) is 0 Å². The zero-order chi connectivity index (χ0) is 14.3. The Bertz CT molecular complexity index is 491. The maximum Gasteiger partial charge on any atom is 0.336 e. The van der Waals surface area contributed by atoms with Crippen molar-refractivity contribution in [3.8, 4) is 6.07 Å². The van der Waals surface area contributed by atoms with E-state index in [0.29, 0.717) is 11.6 Å². The van der Waals surface area contributed by atoms with E-state index in [1.807, 2.05) is 18.2 Å². The number of carbonyl (C=O) groups is 1. The normalized spacial score (nSPS) is 11.4. The number of carbonyl (C=O) groups excluding carboxylic acids is 1. The zero-order valence-corrected chi connectivity index (χ0v) is 11.4. The number of ether oxygens (including phenoxy) is 1. The monoisotopic (exact) mass is 278 g/mol. The van der Waals surface area contributed by atoms with Gasteiger partial charge in [0.15, 0.2) is 0 Å². The van der Waals surface area contributed by atoms with Crippen molar-refractivity contribution in [3.63, 3.8) is 0 Å². The summed E-state index contributed by atoms with van der Waals surface area (Å²) in [5, 5.41) is 12.6. The van der Waals surface area contributed by atoms with Crippen LogP contribution < -0.4 is 5.32 Å². The second kappa shape index (κ2) is 7.57. The van der Waals surface area contributed by atoms with Crippen LogP contribution in [-0.4, -0.2) is 18.6 Å². The number of nitrogens with one attached hydrogen (secondary N) is 1. The topological polar surface area (TPSA) is 62.1 Å². The van der Waals surface area contributed by atoms with E-state index in [2.05, 4.69) is 11.9 Å². The number of hydrogen-bond donors (Lipinski definition) is 1. The highest BCUT2D eigenvalue weighted by Gasteiger charge is 2.19. The standard InChI is InChI=1S/C14H15ClN2O2/c1-3-19-14(18)10(2)13(8-16)17-9-11-4-6-12(15)7-5-11/h4-7,13,17H,2-3,9H2,1H3. The predicted molar refractivity (Wildman–Crippen MR) is 73.5 cm³/mol. The van der Waals surface area contributed by atoms with Crippen LogP contribution in [0.4, 0.5) is 0 Å². The quantitative estimate of drug-likeness (QED) is 0.641. The van der Waals surface area contributed by atoms with Crippen molar-refractivity contribution in [1.29, 1.82) is 5.26 Å². The van der Waals surface area contributed by atoms with Crippen LogP contribution >= 0.6 is 11.6 Å². The van der Waals surface area contributed by atoms with Gasteiger partial charge in [0.1, 0.15) is 6.04 Å². The molecule has 1 atom stereocenters. The number of halogens is 1. The minimum atomic E-state index is -0.769. The minimum absolute atomic E-state index is 0.110. The van der Waals surface area contributed by atoms with Crippen LogP contribution in [0.15, 0.2) is 36.4 Å². The summed E-state index contributed by atoms with van der Waals surface area (Å²) in [5.41, 5.74) is 1.07. The molecule has 0 aliphatic rings. The van der Waals surface area contributed by atoms with E-state index in [9.17, 15) is 4.79 Å². The van der Waals surface area contributed by atoms with Gasteiger partial charge in [0, 0.05) is 11.6 Å². The molecule has 0 radical (unpaired) electrons. The molecule has 19 heavy (non-hydrogen) atoms. The third kappa shape index (κ3) is 4.74. The van der Waals surface area contributed by atoms with Crippen molar-refractivity contribution in [1.82, 2.24) is 5.32 Å². The van der Waals surface area contributed by atoms with Crippen molar-refractivity contribution in [2.45, 2.75) is 19.5 Å². The Balaban J connectivity index is 2.58. The van der Waals surface area contributed by atoms with Gasteiger partial charge in [-0.05, 0) is 24.6 Å². The molecule has 1 aromatic carbocycles. The van der Waals surface area contributed by atoms with Crippen LogP contribution in [0.5, 0.6) is 0 Å². The molecule has 5 heteroatoms. The van der Waals surface area contributed by atoms with E-state index in [0.717, 1.165) is 5.56 Å². The fourth-order valence-corrected chi connectivity index (χ4v) is 1.54. The maximum atomic E-state index is 11.5. The van der Waals surface area contributed by atoms with Gasteiger partial charge in [0.2, 0.25) is 0 Å². The molecule has 0 bridgehead atoms. The molecule has 0 aromatic heterocycles. The van der Waals surface area contributed by atoms with Gasteiger partial charge in [-0.1, -0.05) is 30.3 Å². The fourth-order valence-electron chi connectivity index (χ4n) is 1.41. The lowest BCUT2D eigenvalue weighted by Crippen LogP contribution is -2.32. The summed E-state index contributed by atoms with van der Waals surface area (Å²) in [6.07, 6.45) is 0. The van der Waals surface area contributed by atoms with Crippen molar-refractivity contribution < 1.29 is 9.53 Å². The van der Waals surface area contributed by atoms with E-state index in [4.69, 9.17) is 21.6 Å². The summed E-state index contributed by atoms with van der Waals surface area (Å²) >= 11 is 5.78. The smallest absolute Gasteiger partial charge is 0.336 e. The van der Waals surface area contributed by atoms with Crippen molar-refractivity contribution in [2.75, 3.05) is 6.61 Å². The van der Waals surface area contributed by atoms with Crippen LogP contribution in [-0.2, 0) is 16.1 Å². The summed E-state index contributed by atoms with van der Waals surface area (Å²) in [6, 6.07) is 8.43. The van der Waals surface area contributed by atoms with Crippen LogP contribution in [0, 0.1) is 11.3 Å². The van der Waals surface area contributed by atoms with Gasteiger partial charge in [0.05, 0.1) is 18.2 Å². The molecule has 0 spiro atoms. The molecule has 4 nitrogen and oxygen atoms in total. The van der Waals surface area contributed by atoms with Crippen LogP contribution in [0.2, 0.25) is 5.02 Å². The maximum absolute atomic E-state index is 11.5. The van der Waals surface area contributed by atoms with Crippen LogP contribution in [0.25, 0.3) is 0 Å². The molecule has 1 rings (SSSR count). The number of esters is 1. The summed E-state index contributed by atoms with van der Waals surface area (Å²) in [5.74, 6) is -0.558. The van der Waals surface area contributed by atoms with Gasteiger partial charge < -0.3 is 4.74 Å². The Morgan fingerprint density at radius 2 is 2.16 bits per heavy atom. The Labute approximate surface area is 117 Å². The third-order valence-corrected chi connectivity index (χ3v) is 2.69. The number of benzene rings is 1. The fraction of sp³-hybridized carbons (Fsp3) is 0.286. The first-order valence-electron chi connectivity index (χ1n) is 5.81. The van der Waals surface area contributed by atoms with Gasteiger partial charge >= 0.3 is 5.97 Å². The van der Waals surface area contributed by atoms with Crippen molar-refractivity contribution >= 4 is 17.6 Å². The highest BCUT2D eigenvalue weighted by molar-refractivity contribution is 6.30. The number of nitriles is 1. The molecule has 0 amide bonds. The molecule has 0 fully saturated rings. The highest BCUT2D eigenvalue weighted by atomic mass is 35.5. The zero-order valence-electron chi connectivity index (χ0n) is 10.6. The Morgan fingerprint density at radius 3 is 2.68 bits per heavy atom. The minimum Gasteiger partial charge on any atom is -0.463 e. The molecule has 1 unspecified atom stereocenters. The molecule has 1 aromatic rings. The Kier molecular flexibility index (Phi) is 6.07. The molecule has 1 N–H and O–H groups in total. The SMILES string of the molecule is C=C(C(=O)OCC)C(C#N)NCc1ccc(Cl)cc1. The molecular formula is C14H15ClN2O2. The van der Waals surface area contributed by atoms with Gasteiger partial charge in [-0.3, -0.25) is 5.32 Å². The second-order valence-electron chi connectivity index (χ2n) is 3.82. The van der Waals surface area contributed by atoms with E-state index in [1.54, 1.807) is 19.1 Å². The molecular weight excluding hydrogens is 264 g/mol. The molecule has 0 saturated heterocycles. The van der Waals surface area contributed by atoms with Crippen LogP contribution in [0.1, 0.15) is 12.5 Å². The first-order valence-corrected chi connectivity index (χ1v) is 6.19. The predicted octanol–water partition coefficient (Wildman–Crippen LogP) is 2.44. The lowest BCUT2D eigenvalue weighted by atomic mass is 10.1. The third-order valence-electron chi connectivity index (χ3n) is 2.44. The van der Waals surface area contributed by atoms with Gasteiger partial charge in [0.25, 0.3) is 0 Å². The lowest BCUT2D eigenvalue weighted by Gasteiger charge is -2.13. The number of nitrogens with zero attached hydrogens (tertiary/aromatic N) is 1. The summed E-state index contributed by atoms with van der Waals surface area (Å²) in [6.45, 7) is 5.99. The molecule has 0 aliphatic carbocycles. The van der Waals surface area contributed by atoms with Gasteiger partial charge in [-0.15, -0.1) is 0 Å². The lowest BCUT2D eigenvalue weighted by molar-refractivity contribution is -0.138. The van der Waals surface area contributed by atoms with E-state index < -0.39 is 12.0 Å². The summed E-state index contributed by atoms with van der Waals surface area (Å²) < 4.78 is 4.81. The first-order chi connectivity index (χ1) is 9.08. The summed E-state index contributed by atoms with van der Waals surface area (Å²) in [7, 11) is 0. The Morgan fingerprint density at radius 1 is 1.53 bits per heavy atom. The highest BCUT2D eigenvalue weighted by Crippen LogP contribution is 2.10. The molecule has 100 valence electrons. The summed E-state index contributed by atoms with van der Waals surface area (Å²) in [4.78, 5) is 11.5. The molecule has 0 aliphatic heterocycles. The average Bonchev–Trinajstić information content (AvgIpc) is 2.41. The largest absolute Gasteiger partial charge is 0.463 e. The van der Waals surface area contributed by atoms with Gasteiger partial charge in [-0.2, -0.15) is 5.26 Å². The first kappa shape index (κ1) is 15.2. The van der Waals surface area contributed by atoms with Crippen molar-refractivity contribution in [2.24, 2.45) is 0 Å². The van der Waals surface area contributed by atoms with E-state index >= 15 is 0 Å². The average molecular weight is 279 g/mol. The van der Waals surface area contributed by atoms with Crippen molar-refractivity contribution in [3.05, 3.63) is 47.0 Å². The molecule has 0 heterocycles. The molecule has 0 saturated carbocycles.